The summed E-state index contributed by atoms with van der Waals surface area (Å²) in [5.41, 5.74) is 3.87. The highest BCUT2D eigenvalue weighted by atomic mass is 14.9. The number of hydrogen-bond donors (Lipinski definition) is 1. The third-order valence-corrected chi connectivity index (χ3v) is 3.98. The molecule has 1 aliphatic carbocycles. The van der Waals surface area contributed by atoms with Crippen LogP contribution in [0.5, 0.6) is 0 Å². The molecule has 0 heterocycles. The van der Waals surface area contributed by atoms with Gasteiger partial charge in [-0.05, 0) is 36.8 Å². The van der Waals surface area contributed by atoms with Gasteiger partial charge in [-0.15, -0.1) is 0 Å². The van der Waals surface area contributed by atoms with Crippen molar-refractivity contribution in [2.24, 2.45) is 5.92 Å². The largest absolute Gasteiger partial charge is 0.382 e. The van der Waals surface area contributed by atoms with Gasteiger partial charge in [0.05, 0.1) is 0 Å². The molecule has 1 nitrogen and oxygen atoms in total. The van der Waals surface area contributed by atoms with Crippen molar-refractivity contribution in [2.75, 3.05) is 5.32 Å². The molecule has 0 amide bonds. The third-order valence-electron chi connectivity index (χ3n) is 3.98. The molecule has 19 heavy (non-hydrogen) atoms. The zero-order chi connectivity index (χ0) is 13.1. The van der Waals surface area contributed by atoms with Crippen molar-refractivity contribution < 1.29 is 0 Å². The van der Waals surface area contributed by atoms with Crippen molar-refractivity contribution in [1.82, 2.24) is 0 Å². The maximum absolute atomic E-state index is 3.76. The normalized spacial score (nSPS) is 16.1. The Kier molecular flexibility index (Phi) is 3.54. The van der Waals surface area contributed by atoms with Crippen molar-refractivity contribution in [3.8, 4) is 11.1 Å². The van der Waals surface area contributed by atoms with Crippen LogP contribution in [0, 0.1) is 5.92 Å². The van der Waals surface area contributed by atoms with Gasteiger partial charge >= 0.3 is 0 Å². The molecule has 1 aliphatic rings. The van der Waals surface area contributed by atoms with Crippen LogP contribution in [-0.2, 0) is 0 Å². The lowest BCUT2D eigenvalue weighted by Gasteiger charge is -2.20. The van der Waals surface area contributed by atoms with E-state index in [4.69, 9.17) is 0 Å². The standard InChI is InChI=1S/C18H21N/c1-2-17(15-12-13-15)19-18-11-7-6-10-16(18)14-8-4-3-5-9-14/h3-11,15,17,19H,2,12-13H2,1H3. The van der Waals surface area contributed by atoms with Crippen molar-refractivity contribution in [3.05, 3.63) is 54.6 Å². The molecule has 1 fully saturated rings. The van der Waals surface area contributed by atoms with E-state index < -0.39 is 0 Å². The highest BCUT2D eigenvalue weighted by molar-refractivity contribution is 5.77. The van der Waals surface area contributed by atoms with Crippen molar-refractivity contribution >= 4 is 5.69 Å². The summed E-state index contributed by atoms with van der Waals surface area (Å²) in [7, 11) is 0. The molecule has 3 rings (SSSR count). The molecule has 0 saturated heterocycles. The third kappa shape index (κ3) is 2.81. The average Bonchev–Trinajstić information content (AvgIpc) is 3.31. The highest BCUT2D eigenvalue weighted by Gasteiger charge is 2.30. The van der Waals surface area contributed by atoms with Gasteiger partial charge in [-0.25, -0.2) is 0 Å². The fourth-order valence-corrected chi connectivity index (χ4v) is 2.73. The van der Waals surface area contributed by atoms with Gasteiger partial charge in [-0.3, -0.25) is 0 Å². The Morgan fingerprint density at radius 3 is 2.37 bits per heavy atom. The summed E-state index contributed by atoms with van der Waals surface area (Å²) in [6.07, 6.45) is 3.98. The number of hydrogen-bond acceptors (Lipinski definition) is 1. The summed E-state index contributed by atoms with van der Waals surface area (Å²) in [5, 5.41) is 3.76. The summed E-state index contributed by atoms with van der Waals surface area (Å²) in [6.45, 7) is 2.28. The second-order valence-electron chi connectivity index (χ2n) is 5.41. The topological polar surface area (TPSA) is 12.0 Å². The van der Waals surface area contributed by atoms with Crippen LogP contribution >= 0.6 is 0 Å². The quantitative estimate of drug-likeness (QED) is 0.792. The summed E-state index contributed by atoms with van der Waals surface area (Å²) in [6, 6.07) is 19.9. The van der Waals surface area contributed by atoms with Crippen LogP contribution in [0.15, 0.2) is 54.6 Å². The number of nitrogens with one attached hydrogen (secondary N) is 1. The fraction of sp³-hybridized carbons (Fsp3) is 0.333. The minimum Gasteiger partial charge on any atom is -0.382 e. The van der Waals surface area contributed by atoms with Gasteiger partial charge in [0, 0.05) is 17.3 Å². The Morgan fingerprint density at radius 2 is 1.68 bits per heavy atom. The van der Waals surface area contributed by atoms with Crippen LogP contribution in [0.1, 0.15) is 26.2 Å². The Bertz CT molecular complexity index is 528. The number of anilines is 1. The molecule has 1 heteroatoms. The fourth-order valence-electron chi connectivity index (χ4n) is 2.73. The minimum atomic E-state index is 0.630. The van der Waals surface area contributed by atoms with Gasteiger partial charge in [0.15, 0.2) is 0 Å². The molecule has 2 aromatic rings. The second kappa shape index (κ2) is 5.48. The molecular weight excluding hydrogens is 230 g/mol. The monoisotopic (exact) mass is 251 g/mol. The molecule has 98 valence electrons. The molecular formula is C18H21N. The maximum Gasteiger partial charge on any atom is 0.0422 e. The van der Waals surface area contributed by atoms with Crippen molar-refractivity contribution in [1.29, 1.82) is 0 Å². The average molecular weight is 251 g/mol. The Balaban J connectivity index is 1.89. The number of para-hydroxylation sites is 1. The zero-order valence-electron chi connectivity index (χ0n) is 11.5. The molecule has 0 radical (unpaired) electrons. The maximum atomic E-state index is 3.76. The first-order valence-electron chi connectivity index (χ1n) is 7.29. The van der Waals surface area contributed by atoms with Gasteiger partial charge in [-0.2, -0.15) is 0 Å². The van der Waals surface area contributed by atoms with E-state index in [2.05, 4.69) is 66.8 Å². The van der Waals surface area contributed by atoms with Gasteiger partial charge < -0.3 is 5.32 Å². The van der Waals surface area contributed by atoms with Gasteiger partial charge in [0.1, 0.15) is 0 Å². The Morgan fingerprint density at radius 1 is 1.00 bits per heavy atom. The molecule has 1 N–H and O–H groups in total. The van der Waals surface area contributed by atoms with E-state index in [0.717, 1.165) is 5.92 Å². The number of rotatable bonds is 5. The molecule has 0 bridgehead atoms. The highest BCUT2D eigenvalue weighted by Crippen LogP contribution is 2.37. The smallest absolute Gasteiger partial charge is 0.0422 e. The molecule has 1 saturated carbocycles. The van der Waals surface area contributed by atoms with Crippen LogP contribution in [0.4, 0.5) is 5.69 Å². The summed E-state index contributed by atoms with van der Waals surface area (Å²) in [4.78, 5) is 0. The predicted molar refractivity (Wildman–Crippen MR) is 82.3 cm³/mol. The summed E-state index contributed by atoms with van der Waals surface area (Å²) < 4.78 is 0. The Labute approximate surface area is 115 Å². The number of benzene rings is 2. The first kappa shape index (κ1) is 12.3. The van der Waals surface area contributed by atoms with Gasteiger partial charge in [0.25, 0.3) is 0 Å². The first-order chi connectivity index (χ1) is 9.38. The lowest BCUT2D eigenvalue weighted by atomic mass is 10.0. The molecule has 1 unspecified atom stereocenters. The van der Waals surface area contributed by atoms with E-state index in [1.807, 2.05) is 0 Å². The lowest BCUT2D eigenvalue weighted by molar-refractivity contribution is 0.617. The van der Waals surface area contributed by atoms with Crippen LogP contribution < -0.4 is 5.32 Å². The van der Waals surface area contributed by atoms with E-state index in [9.17, 15) is 0 Å². The molecule has 0 aromatic heterocycles. The zero-order valence-corrected chi connectivity index (χ0v) is 11.5. The van der Waals surface area contributed by atoms with E-state index in [1.54, 1.807) is 0 Å². The molecule has 0 spiro atoms. The van der Waals surface area contributed by atoms with E-state index >= 15 is 0 Å². The lowest BCUT2D eigenvalue weighted by Crippen LogP contribution is -2.21. The van der Waals surface area contributed by atoms with Gasteiger partial charge in [-0.1, -0.05) is 55.5 Å². The van der Waals surface area contributed by atoms with E-state index in [0.29, 0.717) is 6.04 Å². The minimum absolute atomic E-state index is 0.630. The first-order valence-corrected chi connectivity index (χ1v) is 7.29. The summed E-state index contributed by atoms with van der Waals surface area (Å²) >= 11 is 0. The van der Waals surface area contributed by atoms with Crippen molar-refractivity contribution in [3.63, 3.8) is 0 Å². The van der Waals surface area contributed by atoms with E-state index in [1.165, 1.54) is 36.1 Å². The molecule has 1 atom stereocenters. The predicted octanol–water partition coefficient (Wildman–Crippen LogP) is 4.95. The summed E-state index contributed by atoms with van der Waals surface area (Å²) in [5.74, 6) is 0.883. The van der Waals surface area contributed by atoms with Crippen molar-refractivity contribution in [2.45, 2.75) is 32.2 Å². The SMILES string of the molecule is CCC(Nc1ccccc1-c1ccccc1)C1CC1. The Hall–Kier alpha value is -1.76. The second-order valence-corrected chi connectivity index (χ2v) is 5.41. The van der Waals surface area contributed by atoms with Crippen LogP contribution in [0.2, 0.25) is 0 Å². The van der Waals surface area contributed by atoms with Crippen LogP contribution in [0.25, 0.3) is 11.1 Å². The van der Waals surface area contributed by atoms with E-state index in [-0.39, 0.29) is 0 Å². The van der Waals surface area contributed by atoms with Gasteiger partial charge in [0.2, 0.25) is 0 Å². The molecule has 0 aliphatic heterocycles. The van der Waals surface area contributed by atoms with Crippen LogP contribution in [-0.4, -0.2) is 6.04 Å². The molecule has 2 aromatic carbocycles. The van der Waals surface area contributed by atoms with Crippen LogP contribution in [0.3, 0.4) is 0 Å².